The largest absolute Gasteiger partial charge is 0.325 e. The monoisotopic (exact) mass is 372 g/mol. The Hall–Kier alpha value is -3.40. The minimum absolute atomic E-state index is 0.138. The Morgan fingerprint density at radius 1 is 0.857 bits per heavy atom. The number of nitrogens with zero attached hydrogens (tertiary/aromatic N) is 1. The van der Waals surface area contributed by atoms with Crippen molar-refractivity contribution in [1.29, 1.82) is 0 Å². The Morgan fingerprint density at radius 2 is 1.50 bits per heavy atom. The topological polar surface area (TPSA) is 49.4 Å². The second-order valence-corrected chi connectivity index (χ2v) is 6.58. The molecule has 0 saturated carbocycles. The molecule has 0 aliphatic heterocycles. The highest BCUT2D eigenvalue weighted by Gasteiger charge is 2.20. The van der Waals surface area contributed by atoms with Crippen LogP contribution in [-0.2, 0) is 11.2 Å². The zero-order valence-electron chi connectivity index (χ0n) is 16.2. The van der Waals surface area contributed by atoms with E-state index in [1.54, 1.807) is 17.0 Å². The first-order valence-corrected chi connectivity index (χ1v) is 9.40. The predicted molar refractivity (Wildman–Crippen MR) is 114 cm³/mol. The summed E-state index contributed by atoms with van der Waals surface area (Å²) in [6.07, 6.45) is 0.269. The molecule has 0 atom stereocenters. The van der Waals surface area contributed by atoms with E-state index in [1.807, 2.05) is 80.6 Å². The fourth-order valence-corrected chi connectivity index (χ4v) is 3.15. The van der Waals surface area contributed by atoms with Gasteiger partial charge in [0.25, 0.3) is 5.91 Å². The summed E-state index contributed by atoms with van der Waals surface area (Å²) < 4.78 is 0. The summed E-state index contributed by atoms with van der Waals surface area (Å²) in [4.78, 5) is 27.4. The summed E-state index contributed by atoms with van der Waals surface area (Å²) in [6.45, 7) is 4.46. The van der Waals surface area contributed by atoms with Crippen LogP contribution in [0, 0.1) is 6.92 Å². The van der Waals surface area contributed by atoms with E-state index >= 15 is 0 Å². The van der Waals surface area contributed by atoms with Crippen LogP contribution in [0.25, 0.3) is 0 Å². The number of carbonyl (C=O) groups is 2. The van der Waals surface area contributed by atoms with Crippen LogP contribution in [0.4, 0.5) is 11.4 Å². The fourth-order valence-electron chi connectivity index (χ4n) is 3.15. The van der Waals surface area contributed by atoms with Crippen LogP contribution in [0.3, 0.4) is 0 Å². The number of anilines is 2. The molecule has 0 fully saturated rings. The zero-order chi connectivity index (χ0) is 19.9. The summed E-state index contributed by atoms with van der Waals surface area (Å²) in [5, 5.41) is 2.91. The van der Waals surface area contributed by atoms with Crippen molar-refractivity contribution < 1.29 is 9.59 Å². The lowest BCUT2D eigenvalue weighted by Crippen LogP contribution is -2.31. The third-order valence-corrected chi connectivity index (χ3v) is 4.67. The lowest BCUT2D eigenvalue weighted by atomic mass is 10.1. The van der Waals surface area contributed by atoms with Crippen LogP contribution in [0.2, 0.25) is 0 Å². The van der Waals surface area contributed by atoms with Crippen molar-refractivity contribution in [2.45, 2.75) is 20.3 Å². The van der Waals surface area contributed by atoms with Crippen molar-refractivity contribution in [2.24, 2.45) is 0 Å². The third-order valence-electron chi connectivity index (χ3n) is 4.67. The molecule has 0 bridgehead atoms. The molecule has 4 heteroatoms. The molecule has 0 radical (unpaired) electrons. The summed E-state index contributed by atoms with van der Waals surface area (Å²) in [5.41, 5.74) is 3.88. The molecule has 0 aliphatic rings. The van der Waals surface area contributed by atoms with Gasteiger partial charge >= 0.3 is 0 Å². The van der Waals surface area contributed by atoms with Crippen LogP contribution < -0.4 is 10.2 Å². The van der Waals surface area contributed by atoms with E-state index in [0.29, 0.717) is 17.8 Å². The van der Waals surface area contributed by atoms with Crippen molar-refractivity contribution in [1.82, 2.24) is 0 Å². The number of para-hydroxylation sites is 2. The quantitative estimate of drug-likeness (QED) is 0.673. The van der Waals surface area contributed by atoms with Crippen LogP contribution >= 0.6 is 0 Å². The summed E-state index contributed by atoms with van der Waals surface area (Å²) in [6, 6.07) is 24.5. The first-order chi connectivity index (χ1) is 13.6. The number of carbonyl (C=O) groups excluding carboxylic acids is 2. The van der Waals surface area contributed by atoms with E-state index in [0.717, 1.165) is 16.8 Å². The van der Waals surface area contributed by atoms with Gasteiger partial charge in [-0.25, -0.2) is 0 Å². The highest BCUT2D eigenvalue weighted by molar-refractivity contribution is 6.11. The van der Waals surface area contributed by atoms with Gasteiger partial charge < -0.3 is 10.2 Å². The highest BCUT2D eigenvalue weighted by Crippen LogP contribution is 2.22. The lowest BCUT2D eigenvalue weighted by molar-refractivity contribution is -0.115. The number of hydrogen-bond acceptors (Lipinski definition) is 2. The second-order valence-electron chi connectivity index (χ2n) is 6.58. The normalized spacial score (nSPS) is 10.4. The summed E-state index contributed by atoms with van der Waals surface area (Å²) >= 11 is 0. The van der Waals surface area contributed by atoms with E-state index in [-0.39, 0.29) is 18.2 Å². The third kappa shape index (κ3) is 4.46. The zero-order valence-corrected chi connectivity index (χ0v) is 16.2. The van der Waals surface area contributed by atoms with Crippen molar-refractivity contribution >= 4 is 23.2 Å². The predicted octanol–water partition coefficient (Wildman–Crippen LogP) is 4.84. The van der Waals surface area contributed by atoms with Gasteiger partial charge in [0.05, 0.1) is 17.7 Å². The Kier molecular flexibility index (Phi) is 6.22. The van der Waals surface area contributed by atoms with Gasteiger partial charge in [0, 0.05) is 12.2 Å². The van der Waals surface area contributed by atoms with Gasteiger partial charge in [-0.1, -0.05) is 54.6 Å². The van der Waals surface area contributed by atoms with Gasteiger partial charge in [0.1, 0.15) is 0 Å². The van der Waals surface area contributed by atoms with E-state index in [2.05, 4.69) is 5.32 Å². The van der Waals surface area contributed by atoms with E-state index in [4.69, 9.17) is 0 Å². The SMILES string of the molecule is CCN(C(=O)c1ccccc1NC(=O)Cc1ccccc1C)c1ccccc1. The first-order valence-electron chi connectivity index (χ1n) is 9.40. The molecular weight excluding hydrogens is 348 g/mol. The van der Waals surface area contributed by atoms with Crippen molar-refractivity contribution in [3.05, 3.63) is 95.6 Å². The van der Waals surface area contributed by atoms with Crippen molar-refractivity contribution in [3.63, 3.8) is 0 Å². The lowest BCUT2D eigenvalue weighted by Gasteiger charge is -2.22. The molecule has 28 heavy (non-hydrogen) atoms. The molecule has 1 N–H and O–H groups in total. The van der Waals surface area contributed by atoms with Crippen LogP contribution in [-0.4, -0.2) is 18.4 Å². The Balaban J connectivity index is 1.81. The van der Waals surface area contributed by atoms with Gasteiger partial charge in [0.15, 0.2) is 0 Å². The minimum Gasteiger partial charge on any atom is -0.325 e. The van der Waals surface area contributed by atoms with Gasteiger partial charge in [0.2, 0.25) is 5.91 Å². The van der Waals surface area contributed by atoms with E-state index in [1.165, 1.54) is 0 Å². The number of rotatable bonds is 6. The number of nitrogens with one attached hydrogen (secondary N) is 1. The molecule has 3 rings (SSSR count). The second kappa shape index (κ2) is 9.00. The number of amides is 2. The smallest absolute Gasteiger partial charge is 0.260 e. The minimum atomic E-state index is -0.141. The van der Waals surface area contributed by atoms with Gasteiger partial charge in [-0.2, -0.15) is 0 Å². The average molecular weight is 372 g/mol. The van der Waals surface area contributed by atoms with Crippen LogP contribution in [0.15, 0.2) is 78.9 Å². The maximum absolute atomic E-state index is 13.2. The molecule has 3 aromatic rings. The maximum atomic E-state index is 13.2. The molecule has 0 saturated heterocycles. The van der Waals surface area contributed by atoms with E-state index in [9.17, 15) is 9.59 Å². The molecular formula is C24H24N2O2. The Morgan fingerprint density at radius 3 is 2.21 bits per heavy atom. The molecule has 142 valence electrons. The fraction of sp³-hybridized carbons (Fsp3) is 0.167. The number of aryl methyl sites for hydroxylation is 1. The number of hydrogen-bond donors (Lipinski definition) is 1. The molecule has 0 aromatic heterocycles. The first kappa shape index (κ1) is 19.4. The maximum Gasteiger partial charge on any atom is 0.260 e. The highest BCUT2D eigenvalue weighted by atomic mass is 16.2. The molecule has 3 aromatic carbocycles. The molecule has 0 aliphatic carbocycles. The number of benzene rings is 3. The Bertz CT molecular complexity index is 967. The van der Waals surface area contributed by atoms with E-state index < -0.39 is 0 Å². The standard InChI is InChI=1S/C24H24N2O2/c1-3-26(20-13-5-4-6-14-20)24(28)21-15-9-10-16-22(21)25-23(27)17-19-12-8-7-11-18(19)2/h4-16H,3,17H2,1-2H3,(H,25,27). The summed E-state index contributed by atoms with van der Waals surface area (Å²) in [7, 11) is 0. The van der Waals surface area contributed by atoms with Gasteiger partial charge in [-0.3, -0.25) is 9.59 Å². The van der Waals surface area contributed by atoms with Gasteiger partial charge in [-0.05, 0) is 49.2 Å². The molecule has 2 amide bonds. The molecule has 0 heterocycles. The average Bonchev–Trinajstić information content (AvgIpc) is 2.71. The van der Waals surface area contributed by atoms with Gasteiger partial charge in [-0.15, -0.1) is 0 Å². The Labute approximate surface area is 165 Å². The van der Waals surface area contributed by atoms with Crippen molar-refractivity contribution in [2.75, 3.05) is 16.8 Å². The summed E-state index contributed by atoms with van der Waals surface area (Å²) in [5.74, 6) is -0.280. The molecule has 0 spiro atoms. The van der Waals surface area contributed by atoms with Crippen LogP contribution in [0.5, 0.6) is 0 Å². The van der Waals surface area contributed by atoms with Crippen molar-refractivity contribution in [3.8, 4) is 0 Å². The van der Waals surface area contributed by atoms with Crippen LogP contribution in [0.1, 0.15) is 28.4 Å². The molecule has 0 unspecified atom stereocenters. The molecule has 4 nitrogen and oxygen atoms in total.